The molecule has 92 valence electrons. The van der Waals surface area contributed by atoms with Crippen LogP contribution in [0, 0.1) is 0 Å². The highest BCUT2D eigenvalue weighted by molar-refractivity contribution is 7.84. The lowest BCUT2D eigenvalue weighted by Gasteiger charge is -1.92. The van der Waals surface area contributed by atoms with Crippen molar-refractivity contribution in [3.63, 3.8) is 0 Å². The molecule has 1 heteroatoms. The molecule has 17 heavy (non-hydrogen) atoms. The Morgan fingerprint density at radius 1 is 1.00 bits per heavy atom. The molecule has 0 radical (unpaired) electrons. The van der Waals surface area contributed by atoms with Crippen molar-refractivity contribution < 1.29 is 0 Å². The monoisotopic (exact) mass is 246 g/mol. The largest absolute Gasteiger partial charge is 0.143 e. The van der Waals surface area contributed by atoms with E-state index in [4.69, 9.17) is 0 Å². The molecule has 0 aliphatic heterocycles. The van der Waals surface area contributed by atoms with Crippen molar-refractivity contribution in [3.8, 4) is 0 Å². The van der Waals surface area contributed by atoms with Crippen molar-refractivity contribution in [2.24, 2.45) is 0 Å². The van der Waals surface area contributed by atoms with E-state index < -0.39 is 0 Å². The van der Waals surface area contributed by atoms with Crippen LogP contribution in [0.4, 0.5) is 0 Å². The van der Waals surface area contributed by atoms with E-state index in [0.29, 0.717) is 0 Å². The third-order valence-corrected chi connectivity index (χ3v) is 2.31. The molecule has 0 atom stereocenters. The maximum Gasteiger partial charge on any atom is 0.00339 e. The summed E-state index contributed by atoms with van der Waals surface area (Å²) in [5.74, 6) is 0. The summed E-state index contributed by atoms with van der Waals surface area (Å²) < 4.78 is 0. The van der Waals surface area contributed by atoms with Crippen molar-refractivity contribution in [1.82, 2.24) is 0 Å². The van der Waals surface area contributed by atoms with Crippen molar-refractivity contribution in [2.75, 3.05) is 0 Å². The van der Waals surface area contributed by atoms with Gasteiger partial charge in [0.2, 0.25) is 0 Å². The number of hydrogen-bond acceptors (Lipinski definition) is 1. The summed E-state index contributed by atoms with van der Waals surface area (Å²) in [5, 5.41) is 0. The van der Waals surface area contributed by atoms with Crippen molar-refractivity contribution in [2.45, 2.75) is 27.2 Å². The normalized spacial score (nSPS) is 13.4. The van der Waals surface area contributed by atoms with Crippen LogP contribution in [-0.2, 0) is 0 Å². The number of allylic oxidation sites excluding steroid dienone is 10. The van der Waals surface area contributed by atoms with Crippen LogP contribution in [0.1, 0.15) is 27.2 Å². The highest BCUT2D eigenvalue weighted by Gasteiger charge is 1.82. The van der Waals surface area contributed by atoms with Crippen LogP contribution in [0.3, 0.4) is 0 Å². The van der Waals surface area contributed by atoms with Crippen molar-refractivity contribution in [1.29, 1.82) is 0 Å². The minimum atomic E-state index is 0.881. The molecule has 0 aromatic rings. The molecule has 0 spiro atoms. The Balaban J connectivity index is 4.14. The molecule has 0 aliphatic rings. The summed E-state index contributed by atoms with van der Waals surface area (Å²) in [6.07, 6.45) is 17.1. The molecule has 0 unspecified atom stereocenters. The second-order valence-electron chi connectivity index (χ2n) is 4.07. The second kappa shape index (κ2) is 9.98. The SMILES string of the molecule is C=C/C(S)=C\C=C/C/C(C)=C\C=C/C=C(C)C. The average Bonchev–Trinajstić information content (AvgIpc) is 2.29. The first kappa shape index (κ1) is 15.8. The van der Waals surface area contributed by atoms with Gasteiger partial charge in [-0.2, -0.15) is 0 Å². The molecule has 0 saturated heterocycles. The van der Waals surface area contributed by atoms with Crippen LogP contribution < -0.4 is 0 Å². The second-order valence-corrected chi connectivity index (χ2v) is 4.59. The molecule has 0 nitrogen and oxygen atoms in total. The molecule has 0 heterocycles. The van der Waals surface area contributed by atoms with Gasteiger partial charge >= 0.3 is 0 Å². The van der Waals surface area contributed by atoms with E-state index in [2.05, 4.69) is 70.4 Å². The van der Waals surface area contributed by atoms with Crippen LogP contribution in [0.5, 0.6) is 0 Å². The third kappa shape index (κ3) is 11.1. The lowest BCUT2D eigenvalue weighted by Crippen LogP contribution is -1.71. The first-order chi connectivity index (χ1) is 8.06. The van der Waals surface area contributed by atoms with E-state index in [0.717, 1.165) is 11.3 Å². The van der Waals surface area contributed by atoms with Crippen LogP contribution in [0.15, 0.2) is 71.2 Å². The Bertz CT molecular complexity index is 372. The zero-order chi connectivity index (χ0) is 13.1. The number of hydrogen-bond donors (Lipinski definition) is 1. The van der Waals surface area contributed by atoms with Crippen LogP contribution in [0.25, 0.3) is 0 Å². The molecule has 0 saturated carbocycles. The smallest absolute Gasteiger partial charge is 0.00339 e. The standard InChI is InChI=1S/C16H22S/c1-5-16(17)13-9-8-12-15(4)11-7-6-10-14(2)3/h5-11,13,17H,1,12H2,2-4H3/b7-6-,9-8-,15-11-,16-13+. The fraction of sp³-hybridized carbons (Fsp3) is 0.250. The van der Waals surface area contributed by atoms with E-state index in [-0.39, 0.29) is 0 Å². The number of rotatable bonds is 6. The van der Waals surface area contributed by atoms with Crippen LogP contribution in [-0.4, -0.2) is 0 Å². The molecule has 0 rings (SSSR count). The average molecular weight is 246 g/mol. The van der Waals surface area contributed by atoms with Gasteiger partial charge in [-0.15, -0.1) is 12.6 Å². The zero-order valence-electron chi connectivity index (χ0n) is 11.0. The van der Waals surface area contributed by atoms with E-state index in [1.54, 1.807) is 6.08 Å². The Morgan fingerprint density at radius 3 is 2.24 bits per heavy atom. The molecule has 0 aromatic carbocycles. The van der Waals surface area contributed by atoms with E-state index in [1.807, 2.05) is 12.2 Å². The maximum atomic E-state index is 4.20. The van der Waals surface area contributed by atoms with Gasteiger partial charge in [0.25, 0.3) is 0 Å². The van der Waals surface area contributed by atoms with Gasteiger partial charge in [-0.05, 0) is 33.3 Å². The third-order valence-electron chi connectivity index (χ3n) is 1.97. The minimum Gasteiger partial charge on any atom is -0.143 e. The van der Waals surface area contributed by atoms with Crippen LogP contribution >= 0.6 is 12.6 Å². The van der Waals surface area contributed by atoms with Gasteiger partial charge in [0, 0.05) is 4.91 Å². The Labute approximate surface area is 111 Å². The topological polar surface area (TPSA) is 0 Å². The highest BCUT2D eigenvalue weighted by Crippen LogP contribution is 2.04. The summed E-state index contributed by atoms with van der Waals surface area (Å²) in [6.45, 7) is 9.93. The van der Waals surface area contributed by atoms with Gasteiger partial charge in [0.15, 0.2) is 0 Å². The maximum absolute atomic E-state index is 4.20. The van der Waals surface area contributed by atoms with Crippen molar-refractivity contribution >= 4 is 12.6 Å². The fourth-order valence-electron chi connectivity index (χ4n) is 1.02. The predicted octanol–water partition coefficient (Wildman–Crippen LogP) is 5.40. The molecule has 0 fully saturated rings. The molecule has 0 bridgehead atoms. The first-order valence-corrected chi connectivity index (χ1v) is 6.16. The minimum absolute atomic E-state index is 0.881. The van der Waals surface area contributed by atoms with Gasteiger partial charge in [-0.3, -0.25) is 0 Å². The highest BCUT2D eigenvalue weighted by atomic mass is 32.1. The fourth-order valence-corrected chi connectivity index (χ4v) is 1.11. The summed E-state index contributed by atoms with van der Waals surface area (Å²) in [5.41, 5.74) is 2.63. The first-order valence-electron chi connectivity index (χ1n) is 5.72. The van der Waals surface area contributed by atoms with Gasteiger partial charge < -0.3 is 0 Å². The van der Waals surface area contributed by atoms with Gasteiger partial charge in [-0.1, -0.05) is 60.3 Å². The van der Waals surface area contributed by atoms with Gasteiger partial charge in [0.05, 0.1) is 0 Å². The Kier molecular flexibility index (Phi) is 9.27. The summed E-state index contributed by atoms with van der Waals surface area (Å²) in [4.78, 5) is 0.881. The van der Waals surface area contributed by atoms with E-state index >= 15 is 0 Å². The van der Waals surface area contributed by atoms with Gasteiger partial charge in [0.1, 0.15) is 0 Å². The number of thiol groups is 1. The quantitative estimate of drug-likeness (QED) is 0.471. The lowest BCUT2D eigenvalue weighted by atomic mass is 10.2. The van der Waals surface area contributed by atoms with Gasteiger partial charge in [-0.25, -0.2) is 0 Å². The van der Waals surface area contributed by atoms with E-state index in [9.17, 15) is 0 Å². The van der Waals surface area contributed by atoms with E-state index in [1.165, 1.54) is 11.1 Å². The predicted molar refractivity (Wildman–Crippen MR) is 83.4 cm³/mol. The molecule has 0 amide bonds. The van der Waals surface area contributed by atoms with Crippen molar-refractivity contribution in [3.05, 3.63) is 71.2 Å². The molecule has 0 aromatic heterocycles. The Hall–Kier alpha value is -1.21. The lowest BCUT2D eigenvalue weighted by molar-refractivity contribution is 1.21. The summed E-state index contributed by atoms with van der Waals surface area (Å²) in [6, 6.07) is 0. The molecular formula is C16H22S. The molecule has 0 aliphatic carbocycles. The zero-order valence-corrected chi connectivity index (χ0v) is 11.9. The summed E-state index contributed by atoms with van der Waals surface area (Å²) >= 11 is 4.20. The molecular weight excluding hydrogens is 224 g/mol. The molecule has 0 N–H and O–H groups in total. The van der Waals surface area contributed by atoms with Crippen LogP contribution in [0.2, 0.25) is 0 Å². The summed E-state index contributed by atoms with van der Waals surface area (Å²) in [7, 11) is 0. The Morgan fingerprint density at radius 2 is 1.65 bits per heavy atom.